The molecule has 166 valence electrons. The molecule has 0 atom stereocenters. The summed E-state index contributed by atoms with van der Waals surface area (Å²) in [7, 11) is -1.10. The fourth-order valence-electron chi connectivity index (χ4n) is 4.32. The molecular formula is C19H30N6O4S. The number of anilines is 2. The van der Waals surface area contributed by atoms with Gasteiger partial charge in [-0.25, -0.2) is 17.7 Å². The van der Waals surface area contributed by atoms with E-state index in [9.17, 15) is 13.2 Å². The SMILES string of the molecule is CN1CC(CN2C(=O)C(C)(C)Oc3cnc(NC4CCN(S(C)(=O)=O)CC4)nc32)C1. The number of likely N-dealkylation sites (tertiary alicyclic amines) is 1. The number of piperidine rings is 1. The highest BCUT2D eigenvalue weighted by atomic mass is 32.2. The zero-order valence-corrected chi connectivity index (χ0v) is 18.8. The predicted molar refractivity (Wildman–Crippen MR) is 113 cm³/mol. The van der Waals surface area contributed by atoms with E-state index < -0.39 is 15.6 Å². The molecule has 0 aliphatic carbocycles. The van der Waals surface area contributed by atoms with Gasteiger partial charge in [-0.05, 0) is 33.7 Å². The first-order valence-electron chi connectivity index (χ1n) is 10.3. The van der Waals surface area contributed by atoms with Crippen LogP contribution in [0.5, 0.6) is 5.75 Å². The average molecular weight is 439 g/mol. The highest BCUT2D eigenvalue weighted by Crippen LogP contribution is 2.37. The summed E-state index contributed by atoms with van der Waals surface area (Å²) in [6.45, 7) is 6.98. The predicted octanol–water partition coefficient (Wildman–Crippen LogP) is 0.378. The summed E-state index contributed by atoms with van der Waals surface area (Å²) in [5.74, 6) is 1.74. The maximum absolute atomic E-state index is 13.0. The first-order valence-corrected chi connectivity index (χ1v) is 12.2. The highest BCUT2D eigenvalue weighted by molar-refractivity contribution is 7.88. The van der Waals surface area contributed by atoms with E-state index in [0.29, 0.717) is 55.9 Å². The second kappa shape index (κ2) is 7.61. The molecule has 11 heteroatoms. The number of carbonyl (C=O) groups is 1. The maximum Gasteiger partial charge on any atom is 0.271 e. The Balaban J connectivity index is 1.50. The number of aromatic nitrogens is 2. The second-order valence-electron chi connectivity index (χ2n) is 9.08. The van der Waals surface area contributed by atoms with Crippen molar-refractivity contribution in [2.24, 2.45) is 5.92 Å². The van der Waals surface area contributed by atoms with Crippen molar-refractivity contribution >= 4 is 27.7 Å². The maximum atomic E-state index is 13.0. The lowest BCUT2D eigenvalue weighted by Gasteiger charge is -2.43. The van der Waals surface area contributed by atoms with Crippen molar-refractivity contribution in [1.82, 2.24) is 19.2 Å². The summed E-state index contributed by atoms with van der Waals surface area (Å²) in [6, 6.07) is 0.0754. The molecule has 0 bridgehead atoms. The Hall–Kier alpha value is -1.98. The number of rotatable bonds is 5. The van der Waals surface area contributed by atoms with Crippen LogP contribution in [0, 0.1) is 5.92 Å². The zero-order valence-electron chi connectivity index (χ0n) is 18.0. The topological polar surface area (TPSA) is 108 Å². The van der Waals surface area contributed by atoms with Gasteiger partial charge in [-0.1, -0.05) is 0 Å². The number of fused-ring (bicyclic) bond motifs is 1. The molecule has 2 saturated heterocycles. The van der Waals surface area contributed by atoms with Gasteiger partial charge in [0.05, 0.1) is 12.5 Å². The molecule has 30 heavy (non-hydrogen) atoms. The van der Waals surface area contributed by atoms with Gasteiger partial charge in [0.2, 0.25) is 16.0 Å². The summed E-state index contributed by atoms with van der Waals surface area (Å²) >= 11 is 0. The molecule has 0 saturated carbocycles. The molecule has 4 heterocycles. The number of sulfonamides is 1. The largest absolute Gasteiger partial charge is 0.472 e. The van der Waals surface area contributed by atoms with E-state index in [1.54, 1.807) is 24.9 Å². The van der Waals surface area contributed by atoms with Crippen molar-refractivity contribution in [1.29, 1.82) is 0 Å². The quantitative estimate of drug-likeness (QED) is 0.703. The first kappa shape index (κ1) is 21.3. The van der Waals surface area contributed by atoms with Crippen molar-refractivity contribution in [2.45, 2.75) is 38.3 Å². The van der Waals surface area contributed by atoms with Gasteiger partial charge >= 0.3 is 0 Å². The fraction of sp³-hybridized carbons (Fsp3) is 0.737. The molecule has 0 spiro atoms. The average Bonchev–Trinajstić information content (AvgIpc) is 2.64. The molecule has 1 aromatic heterocycles. The van der Waals surface area contributed by atoms with E-state index in [1.165, 1.54) is 10.6 Å². The van der Waals surface area contributed by atoms with E-state index in [2.05, 4.69) is 27.2 Å². The number of hydrogen-bond donors (Lipinski definition) is 1. The summed E-state index contributed by atoms with van der Waals surface area (Å²) in [6.07, 6.45) is 4.20. The minimum absolute atomic E-state index is 0.0754. The molecule has 0 unspecified atom stereocenters. The number of amides is 1. The summed E-state index contributed by atoms with van der Waals surface area (Å²) in [5, 5.41) is 3.30. The fourth-order valence-corrected chi connectivity index (χ4v) is 5.20. The molecule has 1 amide bonds. The molecule has 10 nitrogen and oxygen atoms in total. The van der Waals surface area contributed by atoms with Gasteiger partial charge in [-0.2, -0.15) is 4.98 Å². The van der Waals surface area contributed by atoms with Gasteiger partial charge in [-0.3, -0.25) is 9.69 Å². The number of nitrogens with zero attached hydrogens (tertiary/aromatic N) is 5. The second-order valence-corrected chi connectivity index (χ2v) is 11.1. The van der Waals surface area contributed by atoms with Crippen molar-refractivity contribution < 1.29 is 17.9 Å². The van der Waals surface area contributed by atoms with Crippen LogP contribution in [0.15, 0.2) is 6.20 Å². The molecular weight excluding hydrogens is 408 g/mol. The Morgan fingerprint density at radius 1 is 1.27 bits per heavy atom. The van der Waals surface area contributed by atoms with Gasteiger partial charge in [0.1, 0.15) is 0 Å². The number of carbonyl (C=O) groups excluding carboxylic acids is 1. The van der Waals surface area contributed by atoms with Crippen molar-refractivity contribution in [3.05, 3.63) is 6.20 Å². The highest BCUT2D eigenvalue weighted by Gasteiger charge is 2.43. The Morgan fingerprint density at radius 2 is 1.93 bits per heavy atom. The Bertz CT molecular complexity index is 923. The van der Waals surface area contributed by atoms with Crippen molar-refractivity contribution in [3.63, 3.8) is 0 Å². The summed E-state index contributed by atoms with van der Waals surface area (Å²) in [5.41, 5.74) is -0.959. The van der Waals surface area contributed by atoms with Crippen LogP contribution in [-0.4, -0.2) is 91.2 Å². The van der Waals surface area contributed by atoms with Crippen LogP contribution >= 0.6 is 0 Å². The van der Waals surface area contributed by atoms with Gasteiger partial charge in [0.25, 0.3) is 5.91 Å². The van der Waals surface area contributed by atoms with Gasteiger partial charge in [0.15, 0.2) is 17.2 Å². The van der Waals surface area contributed by atoms with E-state index in [-0.39, 0.29) is 11.9 Å². The lowest BCUT2D eigenvalue weighted by molar-refractivity contribution is -0.133. The Morgan fingerprint density at radius 3 is 2.53 bits per heavy atom. The Labute approximate surface area is 177 Å². The van der Waals surface area contributed by atoms with Crippen LogP contribution in [0.2, 0.25) is 0 Å². The van der Waals surface area contributed by atoms with Gasteiger partial charge < -0.3 is 15.0 Å². The lowest BCUT2D eigenvalue weighted by atomic mass is 9.98. The van der Waals surface area contributed by atoms with Crippen LogP contribution in [0.4, 0.5) is 11.8 Å². The summed E-state index contributed by atoms with van der Waals surface area (Å²) in [4.78, 5) is 26.0. The minimum atomic E-state index is -3.16. The monoisotopic (exact) mass is 438 g/mol. The third-order valence-electron chi connectivity index (χ3n) is 5.95. The van der Waals surface area contributed by atoms with E-state index >= 15 is 0 Å². The van der Waals surface area contributed by atoms with Gasteiger partial charge in [0, 0.05) is 44.7 Å². The van der Waals surface area contributed by atoms with Crippen molar-refractivity contribution in [3.8, 4) is 5.75 Å². The van der Waals surface area contributed by atoms with Crippen LogP contribution in [0.1, 0.15) is 26.7 Å². The van der Waals surface area contributed by atoms with E-state index in [1.807, 2.05) is 0 Å². The Kier molecular flexibility index (Phi) is 5.39. The number of ether oxygens (including phenoxy) is 1. The first-order chi connectivity index (χ1) is 14.0. The van der Waals surface area contributed by atoms with Crippen LogP contribution in [-0.2, 0) is 14.8 Å². The summed E-state index contributed by atoms with van der Waals surface area (Å²) < 4.78 is 30.8. The molecule has 1 N–H and O–H groups in total. The van der Waals surface area contributed by atoms with Crippen molar-refractivity contribution in [2.75, 3.05) is 56.2 Å². The van der Waals surface area contributed by atoms with E-state index in [0.717, 1.165) is 13.1 Å². The molecule has 0 aromatic carbocycles. The molecule has 0 radical (unpaired) electrons. The number of hydrogen-bond acceptors (Lipinski definition) is 8. The zero-order chi connectivity index (χ0) is 21.7. The van der Waals surface area contributed by atoms with Crippen LogP contribution in [0.3, 0.4) is 0 Å². The molecule has 4 rings (SSSR count). The van der Waals surface area contributed by atoms with Gasteiger partial charge in [-0.15, -0.1) is 0 Å². The lowest BCUT2D eigenvalue weighted by Crippen LogP contribution is -2.57. The number of nitrogens with one attached hydrogen (secondary N) is 1. The normalized spacial score (nSPS) is 23.6. The minimum Gasteiger partial charge on any atom is -0.472 e. The smallest absolute Gasteiger partial charge is 0.271 e. The van der Waals surface area contributed by atoms with Crippen LogP contribution < -0.4 is 15.0 Å². The molecule has 1 aromatic rings. The van der Waals surface area contributed by atoms with E-state index in [4.69, 9.17) is 4.74 Å². The third kappa shape index (κ3) is 4.23. The molecule has 3 aliphatic rings. The molecule has 3 aliphatic heterocycles. The van der Waals surface area contributed by atoms with Crippen LogP contribution in [0.25, 0.3) is 0 Å². The molecule has 2 fully saturated rings. The standard InChI is InChI=1S/C19H30N6O4S/c1-19(2)17(26)25(12-13-10-23(3)11-13)16-15(29-19)9-20-18(22-16)21-14-5-7-24(8-6-14)30(4,27)28/h9,13-14H,5-8,10-12H2,1-4H3,(H,20,21,22). The third-order valence-corrected chi connectivity index (χ3v) is 7.26.